The van der Waals surface area contributed by atoms with Crippen molar-refractivity contribution in [3.63, 3.8) is 0 Å². The fraction of sp³-hybridized carbons (Fsp3) is 0.480. The molecular formula is C25H34N4O4S. The predicted octanol–water partition coefficient (Wildman–Crippen LogP) is 2.46. The highest BCUT2D eigenvalue weighted by Gasteiger charge is 2.33. The molecule has 1 saturated carbocycles. The molecule has 1 saturated heterocycles. The molecule has 1 unspecified atom stereocenters. The summed E-state index contributed by atoms with van der Waals surface area (Å²) in [5.74, 6) is 0.576. The monoisotopic (exact) mass is 486 g/mol. The molecule has 1 atom stereocenters. The number of amides is 1. The molecule has 1 heterocycles. The van der Waals surface area contributed by atoms with Gasteiger partial charge in [0, 0.05) is 32.2 Å². The van der Waals surface area contributed by atoms with E-state index in [1.54, 1.807) is 19.2 Å². The van der Waals surface area contributed by atoms with Crippen LogP contribution >= 0.6 is 0 Å². The number of methoxy groups -OCH3 is 1. The number of nitrogens with zero attached hydrogens (tertiary/aromatic N) is 1. The molecule has 1 aliphatic carbocycles. The third kappa shape index (κ3) is 5.96. The minimum atomic E-state index is -3.48. The SMILES string of the molecule is COc1ccccc1C(=O)NC(c1ccccc1)C1CCC(NS(=O)(=O)N2CCNCC2)CC1. The molecule has 8 nitrogen and oxygen atoms in total. The zero-order valence-corrected chi connectivity index (χ0v) is 20.4. The maximum absolute atomic E-state index is 13.2. The summed E-state index contributed by atoms with van der Waals surface area (Å²) in [6, 6.07) is 16.9. The molecule has 184 valence electrons. The van der Waals surface area contributed by atoms with Crippen molar-refractivity contribution in [2.45, 2.75) is 37.8 Å². The molecule has 34 heavy (non-hydrogen) atoms. The zero-order chi connectivity index (χ0) is 24.0. The van der Waals surface area contributed by atoms with Gasteiger partial charge in [-0.3, -0.25) is 4.79 Å². The van der Waals surface area contributed by atoms with Crippen molar-refractivity contribution in [2.75, 3.05) is 33.3 Å². The second-order valence-electron chi connectivity index (χ2n) is 8.95. The molecular weight excluding hydrogens is 452 g/mol. The van der Waals surface area contributed by atoms with Crippen LogP contribution in [-0.4, -0.2) is 58.0 Å². The lowest BCUT2D eigenvalue weighted by molar-refractivity contribution is 0.0907. The largest absolute Gasteiger partial charge is 0.496 e. The van der Waals surface area contributed by atoms with Gasteiger partial charge in [-0.2, -0.15) is 17.4 Å². The van der Waals surface area contributed by atoms with E-state index in [2.05, 4.69) is 15.4 Å². The van der Waals surface area contributed by atoms with Crippen LogP contribution < -0.4 is 20.1 Å². The van der Waals surface area contributed by atoms with Gasteiger partial charge < -0.3 is 15.4 Å². The Morgan fingerprint density at radius 3 is 2.32 bits per heavy atom. The molecule has 0 radical (unpaired) electrons. The molecule has 3 N–H and O–H groups in total. The molecule has 2 aromatic rings. The smallest absolute Gasteiger partial charge is 0.279 e. The highest BCUT2D eigenvalue weighted by atomic mass is 32.2. The minimum Gasteiger partial charge on any atom is -0.496 e. The first kappa shape index (κ1) is 24.7. The van der Waals surface area contributed by atoms with Crippen LogP contribution in [0.2, 0.25) is 0 Å². The maximum atomic E-state index is 13.2. The van der Waals surface area contributed by atoms with Gasteiger partial charge in [-0.25, -0.2) is 0 Å². The Morgan fingerprint density at radius 1 is 1.00 bits per heavy atom. The quantitative estimate of drug-likeness (QED) is 0.532. The summed E-state index contributed by atoms with van der Waals surface area (Å²) < 4.78 is 35.4. The molecule has 1 aliphatic heterocycles. The lowest BCUT2D eigenvalue weighted by atomic mass is 9.79. The second-order valence-corrected chi connectivity index (χ2v) is 10.6. The van der Waals surface area contributed by atoms with E-state index in [1.807, 2.05) is 42.5 Å². The summed E-state index contributed by atoms with van der Waals surface area (Å²) in [5.41, 5.74) is 1.55. The molecule has 0 aromatic heterocycles. The highest BCUT2D eigenvalue weighted by Crippen LogP contribution is 2.35. The first-order valence-electron chi connectivity index (χ1n) is 11.9. The summed E-state index contributed by atoms with van der Waals surface area (Å²) in [5, 5.41) is 6.42. The molecule has 4 rings (SSSR count). The van der Waals surface area contributed by atoms with Crippen LogP contribution in [-0.2, 0) is 10.2 Å². The summed E-state index contributed by atoms with van der Waals surface area (Å²) in [4.78, 5) is 13.2. The van der Waals surface area contributed by atoms with E-state index >= 15 is 0 Å². The third-order valence-corrected chi connectivity index (χ3v) is 8.45. The van der Waals surface area contributed by atoms with Gasteiger partial charge >= 0.3 is 0 Å². The minimum absolute atomic E-state index is 0.0857. The van der Waals surface area contributed by atoms with Crippen molar-refractivity contribution in [1.29, 1.82) is 0 Å². The number of nitrogens with one attached hydrogen (secondary N) is 3. The molecule has 2 aromatic carbocycles. The second kappa shape index (κ2) is 11.3. The lowest BCUT2D eigenvalue weighted by Gasteiger charge is -2.36. The first-order valence-corrected chi connectivity index (χ1v) is 13.4. The highest BCUT2D eigenvalue weighted by molar-refractivity contribution is 7.87. The Hall–Kier alpha value is -2.46. The summed E-state index contributed by atoms with van der Waals surface area (Å²) in [6.07, 6.45) is 3.12. The van der Waals surface area contributed by atoms with Gasteiger partial charge in [0.25, 0.3) is 16.1 Å². The van der Waals surface area contributed by atoms with Crippen molar-refractivity contribution in [2.24, 2.45) is 5.92 Å². The van der Waals surface area contributed by atoms with Crippen LogP contribution in [0.15, 0.2) is 54.6 Å². The van der Waals surface area contributed by atoms with Crippen molar-refractivity contribution >= 4 is 16.1 Å². The topological polar surface area (TPSA) is 99.8 Å². The lowest BCUT2D eigenvalue weighted by Crippen LogP contribution is -2.53. The van der Waals surface area contributed by atoms with Gasteiger partial charge in [-0.1, -0.05) is 42.5 Å². The maximum Gasteiger partial charge on any atom is 0.279 e. The van der Waals surface area contributed by atoms with Gasteiger partial charge in [0.1, 0.15) is 5.75 Å². The number of hydrogen-bond acceptors (Lipinski definition) is 5. The fourth-order valence-electron chi connectivity index (χ4n) is 4.93. The number of carbonyl (C=O) groups is 1. The summed E-state index contributed by atoms with van der Waals surface area (Å²) >= 11 is 0. The average molecular weight is 487 g/mol. The van der Waals surface area contributed by atoms with E-state index in [0.29, 0.717) is 37.5 Å². The number of ether oxygens (including phenoxy) is 1. The van der Waals surface area contributed by atoms with E-state index in [-0.39, 0.29) is 23.9 Å². The molecule has 2 fully saturated rings. The average Bonchev–Trinajstić information content (AvgIpc) is 2.88. The molecule has 2 aliphatic rings. The van der Waals surface area contributed by atoms with Crippen molar-refractivity contribution in [3.8, 4) is 5.75 Å². The normalized spacial score (nSPS) is 22.6. The number of hydrogen-bond donors (Lipinski definition) is 3. The summed E-state index contributed by atoms with van der Waals surface area (Å²) in [6.45, 7) is 2.35. The van der Waals surface area contributed by atoms with Crippen LogP contribution in [0.3, 0.4) is 0 Å². The molecule has 9 heteroatoms. The number of benzene rings is 2. The van der Waals surface area contributed by atoms with Crippen LogP contribution in [0, 0.1) is 5.92 Å². The standard InChI is InChI=1S/C25H34N4O4S/c1-33-23-10-6-5-9-22(23)25(30)27-24(19-7-3-2-4-8-19)20-11-13-21(14-12-20)28-34(31,32)29-17-15-26-16-18-29/h2-10,20-21,24,26,28H,11-18H2,1H3,(H,27,30). The molecule has 0 bridgehead atoms. The summed E-state index contributed by atoms with van der Waals surface area (Å²) in [7, 11) is -1.92. The fourth-order valence-corrected chi connectivity index (χ4v) is 6.39. The van der Waals surface area contributed by atoms with E-state index in [4.69, 9.17) is 4.74 Å². The van der Waals surface area contributed by atoms with Crippen LogP contribution in [0.5, 0.6) is 5.75 Å². The Morgan fingerprint density at radius 2 is 1.65 bits per heavy atom. The Balaban J connectivity index is 1.43. The van der Waals surface area contributed by atoms with Crippen molar-refractivity contribution in [3.05, 3.63) is 65.7 Å². The van der Waals surface area contributed by atoms with E-state index in [1.165, 1.54) is 4.31 Å². The van der Waals surface area contributed by atoms with Crippen molar-refractivity contribution < 1.29 is 17.9 Å². The van der Waals surface area contributed by atoms with Gasteiger partial charge in [0.15, 0.2) is 0 Å². The first-order chi connectivity index (χ1) is 16.5. The van der Waals surface area contributed by atoms with Gasteiger partial charge in [-0.05, 0) is 49.3 Å². The predicted molar refractivity (Wildman–Crippen MR) is 132 cm³/mol. The number of rotatable bonds is 8. The van der Waals surface area contributed by atoms with E-state index in [9.17, 15) is 13.2 Å². The molecule has 1 amide bonds. The molecule has 0 spiro atoms. The van der Waals surface area contributed by atoms with E-state index < -0.39 is 10.2 Å². The number of carbonyl (C=O) groups excluding carboxylic acids is 1. The van der Waals surface area contributed by atoms with Gasteiger partial charge in [0.2, 0.25) is 0 Å². The van der Waals surface area contributed by atoms with Gasteiger partial charge in [-0.15, -0.1) is 0 Å². The van der Waals surface area contributed by atoms with Crippen LogP contribution in [0.4, 0.5) is 0 Å². The Kier molecular flexibility index (Phi) is 8.20. The Bertz CT molecular complexity index is 1050. The van der Waals surface area contributed by atoms with Crippen LogP contribution in [0.25, 0.3) is 0 Å². The number of para-hydroxylation sites is 1. The Labute approximate surface area is 202 Å². The zero-order valence-electron chi connectivity index (χ0n) is 19.6. The van der Waals surface area contributed by atoms with Crippen molar-refractivity contribution in [1.82, 2.24) is 19.7 Å². The third-order valence-electron chi connectivity index (χ3n) is 6.77. The van der Waals surface area contributed by atoms with Crippen LogP contribution in [0.1, 0.15) is 47.6 Å². The van der Waals surface area contributed by atoms with Gasteiger partial charge in [0.05, 0.1) is 18.7 Å². The number of piperazine rings is 1. The van der Waals surface area contributed by atoms with E-state index in [0.717, 1.165) is 31.2 Å².